The van der Waals surface area contributed by atoms with Crippen LogP contribution in [0.5, 0.6) is 0 Å². The Bertz CT molecular complexity index is 3970. The number of para-hydroxylation sites is 4. The van der Waals surface area contributed by atoms with Gasteiger partial charge in [-0.3, -0.25) is 4.57 Å². The first-order valence-electron chi connectivity index (χ1n) is 21.4. The Balaban J connectivity index is 1.09. The molecule has 4 aromatic heterocycles. The van der Waals surface area contributed by atoms with Gasteiger partial charge in [-0.1, -0.05) is 158 Å². The van der Waals surface area contributed by atoms with Crippen molar-refractivity contribution in [3.63, 3.8) is 0 Å². The summed E-state index contributed by atoms with van der Waals surface area (Å²) in [7, 11) is 0. The molecule has 0 saturated carbocycles. The van der Waals surface area contributed by atoms with Gasteiger partial charge in [-0.2, -0.15) is 4.98 Å². The highest BCUT2D eigenvalue weighted by Crippen LogP contribution is 2.48. The molecule has 14 rings (SSSR count). The zero-order valence-corrected chi connectivity index (χ0v) is 33.8. The summed E-state index contributed by atoms with van der Waals surface area (Å²) in [5, 5.41) is 6.51. The fraction of sp³-hybridized carbons (Fsp3) is 0. The molecule has 0 aliphatic carbocycles. The highest BCUT2D eigenvalue weighted by atomic mass is 16.3. The molecule has 9 aromatic carbocycles. The minimum absolute atomic E-state index is 0.549. The van der Waals surface area contributed by atoms with Crippen molar-refractivity contribution in [3.05, 3.63) is 206 Å². The predicted octanol–water partition coefficient (Wildman–Crippen LogP) is 15.2. The van der Waals surface area contributed by atoms with Gasteiger partial charge >= 0.3 is 0 Å². The van der Waals surface area contributed by atoms with Crippen LogP contribution >= 0.6 is 0 Å². The molecule has 0 saturated heterocycles. The average Bonchev–Trinajstić information content (AvgIpc) is 3.97. The number of aromatic nitrogens is 4. The van der Waals surface area contributed by atoms with Gasteiger partial charge in [0.05, 0.1) is 38.8 Å². The molecule has 0 spiro atoms. The summed E-state index contributed by atoms with van der Waals surface area (Å²) in [6.45, 7) is 0. The van der Waals surface area contributed by atoms with Crippen LogP contribution in [0.1, 0.15) is 0 Å². The van der Waals surface area contributed by atoms with Gasteiger partial charge in [-0.25, -0.2) is 4.98 Å². The molecule has 5 heteroatoms. The van der Waals surface area contributed by atoms with Gasteiger partial charge in [0.25, 0.3) is 0 Å². The van der Waals surface area contributed by atoms with Crippen LogP contribution in [0.4, 0.5) is 0 Å². The van der Waals surface area contributed by atoms with Crippen LogP contribution in [0.15, 0.2) is 211 Å². The number of benzene rings is 9. The second-order valence-electron chi connectivity index (χ2n) is 16.5. The summed E-state index contributed by atoms with van der Waals surface area (Å²) >= 11 is 0. The third-order valence-corrected chi connectivity index (χ3v) is 13.1. The number of nitrogens with zero attached hydrogens (tertiary/aromatic N) is 4. The Kier molecular flexibility index (Phi) is 7.05. The fourth-order valence-electron chi connectivity index (χ4n) is 10.3. The minimum Gasteiger partial charge on any atom is -0.437 e. The van der Waals surface area contributed by atoms with E-state index in [2.05, 4.69) is 203 Å². The van der Waals surface area contributed by atoms with Crippen molar-refractivity contribution >= 4 is 65.7 Å². The van der Waals surface area contributed by atoms with E-state index in [0.29, 0.717) is 11.7 Å². The van der Waals surface area contributed by atoms with Crippen molar-refractivity contribution in [2.75, 3.05) is 0 Å². The van der Waals surface area contributed by atoms with Crippen molar-refractivity contribution in [1.29, 1.82) is 0 Å². The Morgan fingerprint density at radius 1 is 0.349 bits per heavy atom. The zero-order valence-electron chi connectivity index (χ0n) is 33.8. The van der Waals surface area contributed by atoms with Crippen LogP contribution in [0.2, 0.25) is 0 Å². The molecule has 1 aliphatic rings. The molecule has 0 fully saturated rings. The maximum Gasteiger partial charge on any atom is 0.238 e. The van der Waals surface area contributed by atoms with Crippen molar-refractivity contribution in [2.45, 2.75) is 0 Å². The lowest BCUT2D eigenvalue weighted by molar-refractivity contribution is 0.651. The van der Waals surface area contributed by atoms with Gasteiger partial charge in [-0.15, -0.1) is 0 Å². The second kappa shape index (κ2) is 13.0. The van der Waals surface area contributed by atoms with Gasteiger partial charge < -0.3 is 8.98 Å². The van der Waals surface area contributed by atoms with Crippen LogP contribution < -0.4 is 0 Å². The first-order valence-corrected chi connectivity index (χ1v) is 21.4. The van der Waals surface area contributed by atoms with Gasteiger partial charge in [0.15, 0.2) is 0 Å². The smallest absolute Gasteiger partial charge is 0.238 e. The Morgan fingerprint density at radius 2 is 0.905 bits per heavy atom. The summed E-state index contributed by atoms with van der Waals surface area (Å²) in [6, 6.07) is 73.9. The van der Waals surface area contributed by atoms with E-state index in [9.17, 15) is 0 Å². The standard InChI is InChI=1S/C58H34N4O/c1-3-16-35(17-4-1)37-30-38(36-18-5-2-6-19-36)32-39(31-37)55-54-46-24-11-14-29-53(46)63-57(54)60-58(59-55)62-50-28-13-10-23-43(50)47-33-51-48(34-52(47)62)45-26-15-25-44-41-21-8-7-20-40(41)42-22-9-12-27-49(42)61(51)56(44)45/h1-34H. The van der Waals surface area contributed by atoms with Crippen molar-refractivity contribution in [2.24, 2.45) is 0 Å². The summed E-state index contributed by atoms with van der Waals surface area (Å²) in [5.41, 5.74) is 18.2. The maximum atomic E-state index is 6.68. The molecule has 13 aromatic rings. The van der Waals surface area contributed by atoms with E-state index >= 15 is 0 Å². The normalized spacial score (nSPS) is 12.1. The molecule has 0 amide bonds. The molecule has 63 heavy (non-hydrogen) atoms. The van der Waals surface area contributed by atoms with Crippen LogP contribution in [0.25, 0.3) is 133 Å². The molecular weight excluding hydrogens is 769 g/mol. The number of hydrogen-bond acceptors (Lipinski definition) is 3. The van der Waals surface area contributed by atoms with E-state index in [1.165, 1.54) is 44.2 Å². The second-order valence-corrected chi connectivity index (χ2v) is 16.5. The van der Waals surface area contributed by atoms with E-state index in [1.807, 2.05) is 12.1 Å². The van der Waals surface area contributed by atoms with Crippen LogP contribution in [0, 0.1) is 0 Å². The predicted molar refractivity (Wildman–Crippen MR) is 259 cm³/mol. The van der Waals surface area contributed by atoms with Gasteiger partial charge in [-0.05, 0) is 81.9 Å². The third kappa shape index (κ3) is 4.93. The molecule has 1 aliphatic heterocycles. The number of rotatable bonds is 4. The van der Waals surface area contributed by atoms with Crippen molar-refractivity contribution in [3.8, 4) is 67.4 Å². The van der Waals surface area contributed by atoms with Crippen LogP contribution in [-0.2, 0) is 0 Å². The summed E-state index contributed by atoms with van der Waals surface area (Å²) in [5.74, 6) is 0.554. The first kappa shape index (κ1) is 34.2. The van der Waals surface area contributed by atoms with Gasteiger partial charge in [0.2, 0.25) is 11.7 Å². The quantitative estimate of drug-likeness (QED) is 0.178. The van der Waals surface area contributed by atoms with Gasteiger partial charge in [0.1, 0.15) is 5.58 Å². The Morgan fingerprint density at radius 3 is 1.67 bits per heavy atom. The SMILES string of the molecule is c1ccc(-c2cc(-c3ccccc3)cc(-c3nc(-n4c5ccccc5c5cc6c(cc54)c4cccc5c4n6-c4ccccc4-c4ccccc4-5)nc4oc5ccccc5c34)c2)cc1. The highest BCUT2D eigenvalue weighted by molar-refractivity contribution is 6.22. The highest BCUT2D eigenvalue weighted by Gasteiger charge is 2.27. The molecule has 5 nitrogen and oxygen atoms in total. The zero-order chi connectivity index (χ0) is 41.2. The maximum absolute atomic E-state index is 6.68. The van der Waals surface area contributed by atoms with E-state index in [1.54, 1.807) is 0 Å². The number of hydrogen-bond donors (Lipinski definition) is 0. The summed E-state index contributed by atoms with van der Waals surface area (Å²) < 4.78 is 11.4. The molecule has 0 radical (unpaired) electrons. The Hall–Kier alpha value is -8.54. The molecule has 5 heterocycles. The molecular formula is C58H34N4O. The van der Waals surface area contributed by atoms with E-state index in [-0.39, 0.29) is 0 Å². The molecule has 292 valence electrons. The Labute approximate surface area is 361 Å². The summed E-state index contributed by atoms with van der Waals surface area (Å²) in [6.07, 6.45) is 0. The lowest BCUT2D eigenvalue weighted by atomic mass is 9.94. The largest absolute Gasteiger partial charge is 0.437 e. The van der Waals surface area contributed by atoms with E-state index in [4.69, 9.17) is 14.4 Å². The molecule has 0 unspecified atom stereocenters. The molecule has 0 bridgehead atoms. The topological polar surface area (TPSA) is 48.8 Å². The average molecular weight is 803 g/mol. The molecule has 0 atom stereocenters. The van der Waals surface area contributed by atoms with E-state index < -0.39 is 0 Å². The lowest BCUT2D eigenvalue weighted by Crippen LogP contribution is -2.03. The van der Waals surface area contributed by atoms with Crippen molar-refractivity contribution < 1.29 is 4.42 Å². The minimum atomic E-state index is 0.549. The van der Waals surface area contributed by atoms with Crippen LogP contribution in [-0.4, -0.2) is 19.1 Å². The number of furan rings is 1. The fourth-order valence-corrected chi connectivity index (χ4v) is 10.3. The third-order valence-electron chi connectivity index (χ3n) is 13.1. The van der Waals surface area contributed by atoms with E-state index in [0.717, 1.165) is 77.2 Å². The number of fused-ring (bicyclic) bond motifs is 14. The monoisotopic (exact) mass is 802 g/mol. The molecule has 0 N–H and O–H groups in total. The first-order chi connectivity index (χ1) is 31.2. The van der Waals surface area contributed by atoms with Crippen molar-refractivity contribution in [1.82, 2.24) is 19.1 Å². The summed E-state index contributed by atoms with van der Waals surface area (Å²) in [4.78, 5) is 11.0. The lowest BCUT2D eigenvalue weighted by Gasteiger charge is -2.13. The van der Waals surface area contributed by atoms with Gasteiger partial charge in [0, 0.05) is 43.6 Å². The van der Waals surface area contributed by atoms with Crippen LogP contribution in [0.3, 0.4) is 0 Å².